The molecule has 0 radical (unpaired) electrons. The van der Waals surface area contributed by atoms with Gasteiger partial charge in [0.25, 0.3) is 5.89 Å². The largest absolute Gasteiger partial charge is 0.507 e. The number of aromatic nitrogens is 2. The van der Waals surface area contributed by atoms with Gasteiger partial charge in [-0.1, -0.05) is 66.1 Å². The molecule has 0 fully saturated rings. The zero-order valence-electron chi connectivity index (χ0n) is 20.7. The van der Waals surface area contributed by atoms with E-state index in [4.69, 9.17) is 9.78 Å². The number of hydrogen-bond acceptors (Lipinski definition) is 8. The van der Waals surface area contributed by atoms with E-state index in [2.05, 4.69) is 33.9 Å². The summed E-state index contributed by atoms with van der Waals surface area (Å²) in [6.45, 7) is 3.97. The molecule has 1 aliphatic rings. The molecule has 1 aliphatic carbocycles. The number of nitrogens with one attached hydrogen (secondary N) is 1. The summed E-state index contributed by atoms with van der Waals surface area (Å²) in [6.07, 6.45) is 17.7. The van der Waals surface area contributed by atoms with Crippen LogP contribution in [0.5, 0.6) is 0 Å². The molecular formula is C26H33N5O3S. The summed E-state index contributed by atoms with van der Waals surface area (Å²) in [7, 11) is 3.52. The summed E-state index contributed by atoms with van der Waals surface area (Å²) in [5.41, 5.74) is 2.27. The monoisotopic (exact) mass is 495 g/mol. The second-order valence-corrected chi connectivity index (χ2v) is 8.93. The minimum absolute atomic E-state index is 0.0823. The fraction of sp³-hybridized carbons (Fsp3) is 0.385. The number of amides is 1. The summed E-state index contributed by atoms with van der Waals surface area (Å²) in [4.78, 5) is 17.8. The van der Waals surface area contributed by atoms with E-state index < -0.39 is 0 Å². The predicted octanol–water partition coefficient (Wildman–Crippen LogP) is 5.15. The van der Waals surface area contributed by atoms with Crippen molar-refractivity contribution in [2.24, 2.45) is 0 Å². The molecule has 0 spiro atoms. The van der Waals surface area contributed by atoms with Crippen LogP contribution in [0, 0.1) is 11.3 Å². The normalized spacial score (nSPS) is 21.5. The molecule has 0 bridgehead atoms. The molecule has 1 amide bonds. The van der Waals surface area contributed by atoms with Crippen molar-refractivity contribution in [3.05, 3.63) is 71.2 Å². The summed E-state index contributed by atoms with van der Waals surface area (Å²) >= 11 is 1.44. The lowest BCUT2D eigenvalue weighted by Crippen LogP contribution is -2.29. The zero-order valence-corrected chi connectivity index (χ0v) is 21.5. The molecule has 0 saturated heterocycles. The van der Waals surface area contributed by atoms with Gasteiger partial charge >= 0.3 is 0 Å². The summed E-state index contributed by atoms with van der Waals surface area (Å²) in [5, 5.41) is 23.1. The fourth-order valence-electron chi connectivity index (χ4n) is 3.09. The van der Waals surface area contributed by atoms with Crippen molar-refractivity contribution in [3.63, 3.8) is 0 Å². The molecule has 2 N–H and O–H groups in total. The van der Waals surface area contributed by atoms with Crippen LogP contribution in [0.15, 0.2) is 64.0 Å². The fourth-order valence-corrected chi connectivity index (χ4v) is 4.06. The Balaban J connectivity index is 2.04. The topological polar surface area (TPSA) is 115 Å². The highest BCUT2D eigenvalue weighted by molar-refractivity contribution is 7.98. The Labute approximate surface area is 211 Å². The van der Waals surface area contributed by atoms with E-state index in [1.165, 1.54) is 23.6 Å². The van der Waals surface area contributed by atoms with Crippen LogP contribution in [0.4, 0.5) is 0 Å². The van der Waals surface area contributed by atoms with Crippen LogP contribution < -0.4 is 4.72 Å². The number of carbonyl (C=O) groups excluding carboxylic acids is 1. The minimum Gasteiger partial charge on any atom is -0.507 e. The van der Waals surface area contributed by atoms with E-state index in [1.807, 2.05) is 25.1 Å². The zero-order chi connectivity index (χ0) is 25.6. The van der Waals surface area contributed by atoms with Crippen molar-refractivity contribution in [2.45, 2.75) is 45.6 Å². The van der Waals surface area contributed by atoms with Crippen LogP contribution in [0.1, 0.15) is 51.2 Å². The number of hydrogen-bond donors (Lipinski definition) is 2. The molecule has 9 heteroatoms. The van der Waals surface area contributed by atoms with Gasteiger partial charge in [-0.25, -0.2) is 0 Å². The standard InChI is InChI=1S/C26H33N5O3S/c1-5-10-21(17-27)23(32)15-9-16-24-28-26(29-34-24)20-12-6-7-14-22(19(2)11-8-13-20)30-35-18-25(33)31(3)4/h8-13,15-16,22,30,32H,5-7,14,18H2,1-4H3/b13-8-,16-9+,19-11+,20-12-,21-10-,23-15+/t22-/m0/s1. The van der Waals surface area contributed by atoms with Crippen LogP contribution in [0.3, 0.4) is 0 Å². The Bertz CT molecular complexity index is 1090. The van der Waals surface area contributed by atoms with Gasteiger partial charge in [0.15, 0.2) is 0 Å². The highest BCUT2D eigenvalue weighted by atomic mass is 32.2. The highest BCUT2D eigenvalue weighted by Gasteiger charge is 2.13. The van der Waals surface area contributed by atoms with E-state index in [0.717, 1.165) is 24.8 Å². The highest BCUT2D eigenvalue weighted by Crippen LogP contribution is 2.20. The molecule has 2 rings (SSSR count). The lowest BCUT2D eigenvalue weighted by atomic mass is 10.0. The second-order valence-electron chi connectivity index (χ2n) is 8.11. The average molecular weight is 496 g/mol. The third-order valence-electron chi connectivity index (χ3n) is 5.16. The SMILES string of the molecule is CC\C=C(C#N)/C(O)=C\C=C\c1nc(C2=C\CCC[C@H](NSCC(=O)N(C)C)/C(C)=C/C=C\2)no1. The molecule has 0 aliphatic heterocycles. The van der Waals surface area contributed by atoms with Crippen LogP contribution in [0.25, 0.3) is 11.6 Å². The van der Waals surface area contributed by atoms with Crippen molar-refractivity contribution >= 4 is 29.5 Å². The van der Waals surface area contributed by atoms with E-state index >= 15 is 0 Å². The van der Waals surface area contributed by atoms with Gasteiger partial charge in [-0.2, -0.15) is 10.2 Å². The Morgan fingerprint density at radius 3 is 2.97 bits per heavy atom. The van der Waals surface area contributed by atoms with Crippen LogP contribution in [-0.2, 0) is 4.79 Å². The molecule has 1 aromatic rings. The first kappa shape index (κ1) is 27.9. The predicted molar refractivity (Wildman–Crippen MR) is 141 cm³/mol. The summed E-state index contributed by atoms with van der Waals surface area (Å²) in [6, 6.07) is 2.15. The first-order valence-electron chi connectivity index (χ1n) is 11.5. The van der Waals surface area contributed by atoms with Gasteiger partial charge in [-0.15, -0.1) is 0 Å². The van der Waals surface area contributed by atoms with Crippen molar-refractivity contribution in [3.8, 4) is 6.07 Å². The van der Waals surface area contributed by atoms with Crippen LogP contribution >= 0.6 is 11.9 Å². The van der Waals surface area contributed by atoms with Crippen LogP contribution in [0.2, 0.25) is 0 Å². The Hall–Kier alpha value is -3.35. The molecular weight excluding hydrogens is 462 g/mol. The number of carbonyl (C=O) groups is 1. The molecule has 1 aromatic heterocycles. The molecule has 0 unspecified atom stereocenters. The molecule has 8 nitrogen and oxygen atoms in total. The maximum atomic E-state index is 11.8. The number of aliphatic hydroxyl groups excluding tert-OH is 1. The summed E-state index contributed by atoms with van der Waals surface area (Å²) < 4.78 is 8.73. The quantitative estimate of drug-likeness (QED) is 0.209. The number of nitriles is 1. The number of allylic oxidation sites excluding steroid dienone is 9. The maximum absolute atomic E-state index is 11.8. The smallest absolute Gasteiger partial charge is 0.250 e. The molecule has 186 valence electrons. The first-order valence-corrected chi connectivity index (χ1v) is 12.5. The van der Waals surface area contributed by atoms with E-state index in [1.54, 1.807) is 37.2 Å². The molecule has 35 heavy (non-hydrogen) atoms. The first-order chi connectivity index (χ1) is 16.8. The minimum atomic E-state index is -0.110. The van der Waals surface area contributed by atoms with Gasteiger partial charge in [-0.05, 0) is 38.7 Å². The van der Waals surface area contributed by atoms with Gasteiger partial charge in [0.05, 0.1) is 11.3 Å². The van der Waals surface area contributed by atoms with E-state index in [0.29, 0.717) is 23.9 Å². The molecule has 1 atom stereocenters. The molecule has 1 heterocycles. The van der Waals surface area contributed by atoms with Crippen LogP contribution in [-0.4, -0.2) is 51.9 Å². The van der Waals surface area contributed by atoms with E-state index in [9.17, 15) is 9.90 Å². The van der Waals surface area contributed by atoms with Gasteiger partial charge in [0.2, 0.25) is 11.7 Å². The number of aliphatic hydroxyl groups is 1. The Morgan fingerprint density at radius 1 is 1.46 bits per heavy atom. The van der Waals surface area contributed by atoms with Gasteiger partial charge < -0.3 is 14.5 Å². The Kier molecular flexibility index (Phi) is 11.8. The maximum Gasteiger partial charge on any atom is 0.250 e. The van der Waals surface area contributed by atoms with Crippen molar-refractivity contribution < 1.29 is 14.4 Å². The van der Waals surface area contributed by atoms with Crippen molar-refractivity contribution in [2.75, 3.05) is 19.8 Å². The lowest BCUT2D eigenvalue weighted by Gasteiger charge is -2.19. The third kappa shape index (κ3) is 9.43. The number of nitrogens with zero attached hydrogens (tertiary/aromatic N) is 4. The average Bonchev–Trinajstić information content (AvgIpc) is 3.30. The summed E-state index contributed by atoms with van der Waals surface area (Å²) in [5.74, 6) is 1.15. The van der Waals surface area contributed by atoms with Gasteiger partial charge in [0, 0.05) is 31.8 Å². The lowest BCUT2D eigenvalue weighted by molar-refractivity contribution is -0.125. The second kappa shape index (κ2) is 14.8. The van der Waals surface area contributed by atoms with Gasteiger partial charge in [-0.3, -0.25) is 9.52 Å². The molecule has 0 aromatic carbocycles. The van der Waals surface area contributed by atoms with Crippen molar-refractivity contribution in [1.29, 1.82) is 5.26 Å². The molecule has 0 saturated carbocycles. The third-order valence-corrected chi connectivity index (χ3v) is 6.01. The Morgan fingerprint density at radius 2 is 2.26 bits per heavy atom. The van der Waals surface area contributed by atoms with Crippen molar-refractivity contribution in [1.82, 2.24) is 19.8 Å². The van der Waals surface area contributed by atoms with E-state index in [-0.39, 0.29) is 23.3 Å². The number of rotatable bonds is 9. The van der Waals surface area contributed by atoms with Gasteiger partial charge in [0.1, 0.15) is 11.8 Å².